The fourth-order valence-electron chi connectivity index (χ4n) is 1.43. The number of benzene rings is 1. The highest BCUT2D eigenvalue weighted by molar-refractivity contribution is 7.18. The van der Waals surface area contributed by atoms with E-state index in [-0.39, 0.29) is 0 Å². The zero-order valence-electron chi connectivity index (χ0n) is 8.40. The van der Waals surface area contributed by atoms with Crippen molar-refractivity contribution in [1.82, 2.24) is 10.2 Å². The van der Waals surface area contributed by atoms with Crippen LogP contribution < -0.4 is 11.3 Å². The zero-order valence-corrected chi connectivity index (χ0v) is 9.21. The summed E-state index contributed by atoms with van der Waals surface area (Å²) >= 11 is 1.46. The fraction of sp³-hybridized carbons (Fsp3) is 0.200. The second kappa shape index (κ2) is 4.37. The molecule has 0 unspecified atom stereocenters. The minimum atomic E-state index is 0.635. The molecule has 5 heteroatoms. The summed E-state index contributed by atoms with van der Waals surface area (Å²) in [7, 11) is 0. The average Bonchev–Trinajstić information content (AvgIpc) is 2.77. The number of anilines is 1. The molecule has 0 saturated carbocycles. The van der Waals surface area contributed by atoms with Crippen LogP contribution in [0.1, 0.15) is 12.5 Å². The third-order valence-corrected chi connectivity index (χ3v) is 3.06. The Labute approximate surface area is 92.1 Å². The molecule has 1 aromatic carbocycles. The zero-order chi connectivity index (χ0) is 10.7. The summed E-state index contributed by atoms with van der Waals surface area (Å²) in [5, 5.41) is 9.55. The van der Waals surface area contributed by atoms with E-state index in [1.165, 1.54) is 16.9 Å². The molecule has 78 valence electrons. The van der Waals surface area contributed by atoms with Crippen molar-refractivity contribution in [2.75, 3.05) is 5.43 Å². The van der Waals surface area contributed by atoms with Gasteiger partial charge in [0.05, 0.1) is 0 Å². The maximum atomic E-state index is 5.27. The molecule has 0 atom stereocenters. The lowest BCUT2D eigenvalue weighted by Crippen LogP contribution is -2.05. The van der Waals surface area contributed by atoms with Crippen molar-refractivity contribution in [1.29, 1.82) is 0 Å². The third kappa shape index (κ3) is 1.98. The van der Waals surface area contributed by atoms with Gasteiger partial charge in [-0.25, -0.2) is 5.84 Å². The minimum absolute atomic E-state index is 0.635. The van der Waals surface area contributed by atoms with Crippen LogP contribution in [0.4, 0.5) is 5.13 Å². The molecule has 0 fully saturated rings. The number of aryl methyl sites for hydroxylation is 1. The van der Waals surface area contributed by atoms with Gasteiger partial charge in [0.2, 0.25) is 5.13 Å². The van der Waals surface area contributed by atoms with E-state index in [1.54, 1.807) is 0 Å². The quantitative estimate of drug-likeness (QED) is 0.614. The fourth-order valence-corrected chi connectivity index (χ4v) is 2.14. The predicted octanol–water partition coefficient (Wildman–Crippen LogP) is 2.05. The molecule has 2 rings (SSSR count). The van der Waals surface area contributed by atoms with Crippen LogP contribution in [-0.4, -0.2) is 10.2 Å². The van der Waals surface area contributed by atoms with Gasteiger partial charge >= 0.3 is 0 Å². The van der Waals surface area contributed by atoms with Crippen molar-refractivity contribution in [3.63, 3.8) is 0 Å². The van der Waals surface area contributed by atoms with Crippen LogP contribution in [0.5, 0.6) is 0 Å². The van der Waals surface area contributed by atoms with Crippen molar-refractivity contribution in [2.45, 2.75) is 13.3 Å². The smallest absolute Gasteiger partial charge is 0.220 e. The van der Waals surface area contributed by atoms with Gasteiger partial charge in [0.25, 0.3) is 0 Å². The molecule has 1 aromatic heterocycles. The van der Waals surface area contributed by atoms with Gasteiger partial charge in [-0.05, 0) is 12.0 Å². The minimum Gasteiger partial charge on any atom is -0.298 e. The van der Waals surface area contributed by atoms with Gasteiger partial charge in [0.1, 0.15) is 5.01 Å². The number of nitrogens with two attached hydrogens (primary N) is 1. The summed E-state index contributed by atoms with van der Waals surface area (Å²) < 4.78 is 0. The highest BCUT2D eigenvalue weighted by Crippen LogP contribution is 2.28. The Morgan fingerprint density at radius 2 is 2.13 bits per heavy atom. The van der Waals surface area contributed by atoms with Gasteiger partial charge in [-0.1, -0.05) is 42.5 Å². The molecule has 4 nitrogen and oxygen atoms in total. The molecule has 0 aliphatic heterocycles. The Morgan fingerprint density at radius 1 is 1.33 bits per heavy atom. The summed E-state index contributed by atoms with van der Waals surface area (Å²) in [6.07, 6.45) is 0.987. The summed E-state index contributed by atoms with van der Waals surface area (Å²) in [5.41, 5.74) is 4.91. The molecule has 0 aliphatic carbocycles. The lowest BCUT2D eigenvalue weighted by atomic mass is 10.1. The topological polar surface area (TPSA) is 63.8 Å². The average molecular weight is 220 g/mol. The van der Waals surface area contributed by atoms with E-state index in [2.05, 4.69) is 34.7 Å². The van der Waals surface area contributed by atoms with Gasteiger partial charge in [0.15, 0.2) is 0 Å². The van der Waals surface area contributed by atoms with Crippen LogP contribution in [0, 0.1) is 0 Å². The number of rotatable bonds is 3. The van der Waals surface area contributed by atoms with E-state index >= 15 is 0 Å². The van der Waals surface area contributed by atoms with Crippen LogP contribution in [0.2, 0.25) is 0 Å². The maximum absolute atomic E-state index is 5.27. The summed E-state index contributed by atoms with van der Waals surface area (Å²) in [5.74, 6) is 5.27. The van der Waals surface area contributed by atoms with Gasteiger partial charge in [0, 0.05) is 5.56 Å². The van der Waals surface area contributed by atoms with Crippen LogP contribution in [0.15, 0.2) is 24.3 Å². The Kier molecular flexibility index (Phi) is 2.94. The summed E-state index contributed by atoms with van der Waals surface area (Å²) in [6.45, 7) is 2.13. The van der Waals surface area contributed by atoms with E-state index in [9.17, 15) is 0 Å². The molecule has 0 bridgehead atoms. The Hall–Kier alpha value is -1.46. The largest absolute Gasteiger partial charge is 0.298 e. The first-order chi connectivity index (χ1) is 7.35. The van der Waals surface area contributed by atoms with Crippen molar-refractivity contribution in [3.8, 4) is 10.6 Å². The second-order valence-corrected chi connectivity index (χ2v) is 4.04. The highest BCUT2D eigenvalue weighted by atomic mass is 32.1. The number of hydrogen-bond acceptors (Lipinski definition) is 5. The van der Waals surface area contributed by atoms with Gasteiger partial charge in [-0.15, -0.1) is 10.2 Å². The molecular weight excluding hydrogens is 208 g/mol. The molecule has 3 N–H and O–H groups in total. The Balaban J connectivity index is 2.44. The van der Waals surface area contributed by atoms with Gasteiger partial charge in [-0.3, -0.25) is 5.43 Å². The van der Waals surface area contributed by atoms with Gasteiger partial charge in [-0.2, -0.15) is 0 Å². The van der Waals surface area contributed by atoms with E-state index in [4.69, 9.17) is 5.84 Å². The lowest BCUT2D eigenvalue weighted by Gasteiger charge is -2.02. The van der Waals surface area contributed by atoms with E-state index in [1.807, 2.05) is 12.1 Å². The number of nitrogens with one attached hydrogen (secondary N) is 1. The Bertz CT molecular complexity index is 452. The Morgan fingerprint density at radius 3 is 2.80 bits per heavy atom. The van der Waals surface area contributed by atoms with Crippen LogP contribution in [0.25, 0.3) is 10.6 Å². The van der Waals surface area contributed by atoms with Crippen molar-refractivity contribution in [3.05, 3.63) is 29.8 Å². The molecule has 1 heterocycles. The molecule has 0 spiro atoms. The van der Waals surface area contributed by atoms with Crippen LogP contribution in [0.3, 0.4) is 0 Å². The number of hydrazine groups is 1. The standard InChI is InChI=1S/C10H12N4S/c1-2-7-5-3-4-6-8(7)9-13-14-10(12-11)15-9/h3-6H,2,11H2,1H3,(H,12,14). The normalized spacial score (nSPS) is 10.3. The predicted molar refractivity (Wildman–Crippen MR) is 62.5 cm³/mol. The SMILES string of the molecule is CCc1ccccc1-c1nnc(NN)s1. The number of nitrogen functional groups attached to an aromatic ring is 1. The molecule has 0 radical (unpaired) electrons. The first kappa shape index (κ1) is 10.1. The number of aromatic nitrogens is 2. The van der Waals surface area contributed by atoms with Crippen molar-refractivity contribution >= 4 is 16.5 Å². The summed E-state index contributed by atoms with van der Waals surface area (Å²) in [6, 6.07) is 8.20. The second-order valence-electron chi connectivity index (χ2n) is 3.07. The van der Waals surface area contributed by atoms with E-state index in [0.717, 1.165) is 17.0 Å². The first-order valence-corrected chi connectivity index (χ1v) is 5.55. The molecule has 0 aliphatic rings. The van der Waals surface area contributed by atoms with E-state index < -0.39 is 0 Å². The van der Waals surface area contributed by atoms with E-state index in [0.29, 0.717) is 5.13 Å². The highest BCUT2D eigenvalue weighted by Gasteiger charge is 2.08. The number of hydrogen-bond donors (Lipinski definition) is 2. The van der Waals surface area contributed by atoms with Crippen molar-refractivity contribution in [2.24, 2.45) is 5.84 Å². The monoisotopic (exact) mass is 220 g/mol. The van der Waals surface area contributed by atoms with Crippen LogP contribution >= 0.6 is 11.3 Å². The molecule has 2 aromatic rings. The summed E-state index contributed by atoms with van der Waals surface area (Å²) in [4.78, 5) is 0. The van der Waals surface area contributed by atoms with Crippen LogP contribution in [-0.2, 0) is 6.42 Å². The molecule has 0 amide bonds. The van der Waals surface area contributed by atoms with Gasteiger partial charge < -0.3 is 0 Å². The lowest BCUT2D eigenvalue weighted by molar-refractivity contribution is 1.07. The molecular formula is C10H12N4S. The number of nitrogens with zero attached hydrogens (tertiary/aromatic N) is 2. The first-order valence-electron chi connectivity index (χ1n) is 4.73. The molecule has 15 heavy (non-hydrogen) atoms. The molecule has 0 saturated heterocycles. The van der Waals surface area contributed by atoms with Crippen molar-refractivity contribution < 1.29 is 0 Å². The third-order valence-electron chi connectivity index (χ3n) is 2.18. The maximum Gasteiger partial charge on any atom is 0.220 e.